The minimum absolute atomic E-state index is 0.421. The molecule has 2 aromatic rings. The van der Waals surface area contributed by atoms with Gasteiger partial charge in [-0.05, 0) is 30.3 Å². The second-order valence-corrected chi connectivity index (χ2v) is 4.01. The van der Waals surface area contributed by atoms with E-state index in [0.717, 1.165) is 5.56 Å². The van der Waals surface area contributed by atoms with Crippen LogP contribution in [0.2, 0.25) is 5.02 Å². The second kappa shape index (κ2) is 5.56. The number of ether oxygens (including phenoxy) is 1. The first-order chi connectivity index (χ1) is 8.69. The molecular weight excluding hydrogens is 252 g/mol. The highest BCUT2D eigenvalue weighted by atomic mass is 35.5. The maximum absolute atomic E-state index is 10.9. The molecule has 0 aliphatic rings. The van der Waals surface area contributed by atoms with E-state index in [0.29, 0.717) is 16.5 Å². The van der Waals surface area contributed by atoms with Gasteiger partial charge < -0.3 is 9.15 Å². The van der Waals surface area contributed by atoms with Crippen LogP contribution in [-0.2, 0) is 9.53 Å². The van der Waals surface area contributed by atoms with Crippen molar-refractivity contribution in [3.05, 3.63) is 53.3 Å². The molecular formula is C14H11ClO3. The molecule has 0 radical (unpaired) electrons. The lowest BCUT2D eigenvalue weighted by atomic mass is 10.2. The van der Waals surface area contributed by atoms with E-state index < -0.39 is 5.97 Å². The SMILES string of the molecule is COC(=O)C=Cc1ccc(-c2cccc(Cl)c2)o1. The van der Waals surface area contributed by atoms with Gasteiger partial charge in [-0.1, -0.05) is 23.7 Å². The minimum Gasteiger partial charge on any atom is -0.466 e. The molecule has 1 heterocycles. The van der Waals surface area contributed by atoms with Crippen molar-refractivity contribution in [3.8, 4) is 11.3 Å². The fourth-order valence-corrected chi connectivity index (χ4v) is 1.65. The highest BCUT2D eigenvalue weighted by molar-refractivity contribution is 6.30. The number of furan rings is 1. The molecule has 0 aliphatic carbocycles. The summed E-state index contributed by atoms with van der Waals surface area (Å²) in [4.78, 5) is 10.9. The molecule has 0 fully saturated rings. The van der Waals surface area contributed by atoms with Gasteiger partial charge >= 0.3 is 5.97 Å². The fraction of sp³-hybridized carbons (Fsp3) is 0.0714. The number of rotatable bonds is 3. The van der Waals surface area contributed by atoms with E-state index in [1.807, 2.05) is 24.3 Å². The smallest absolute Gasteiger partial charge is 0.330 e. The van der Waals surface area contributed by atoms with Crippen LogP contribution < -0.4 is 0 Å². The predicted molar refractivity (Wildman–Crippen MR) is 70.2 cm³/mol. The summed E-state index contributed by atoms with van der Waals surface area (Å²) >= 11 is 5.91. The first-order valence-electron chi connectivity index (χ1n) is 5.31. The van der Waals surface area contributed by atoms with Gasteiger partial charge in [-0.25, -0.2) is 4.79 Å². The van der Waals surface area contributed by atoms with E-state index >= 15 is 0 Å². The quantitative estimate of drug-likeness (QED) is 0.624. The van der Waals surface area contributed by atoms with Crippen LogP contribution in [-0.4, -0.2) is 13.1 Å². The van der Waals surface area contributed by atoms with Gasteiger partial charge in [0.2, 0.25) is 0 Å². The second-order valence-electron chi connectivity index (χ2n) is 3.57. The number of carbonyl (C=O) groups is 1. The van der Waals surface area contributed by atoms with E-state index in [1.54, 1.807) is 18.2 Å². The average Bonchev–Trinajstić information content (AvgIpc) is 2.84. The molecule has 0 atom stereocenters. The molecule has 0 amide bonds. The van der Waals surface area contributed by atoms with Crippen LogP contribution in [0.4, 0.5) is 0 Å². The molecule has 0 bridgehead atoms. The molecule has 1 aromatic carbocycles. The summed E-state index contributed by atoms with van der Waals surface area (Å²) in [6, 6.07) is 11.0. The molecule has 3 nitrogen and oxygen atoms in total. The molecule has 0 saturated heterocycles. The Bertz CT molecular complexity index is 584. The maximum atomic E-state index is 10.9. The zero-order valence-electron chi connectivity index (χ0n) is 9.72. The Morgan fingerprint density at radius 1 is 1.33 bits per heavy atom. The van der Waals surface area contributed by atoms with Gasteiger partial charge in [0.25, 0.3) is 0 Å². The third-order valence-corrected chi connectivity index (χ3v) is 2.56. The molecule has 0 spiro atoms. The molecule has 0 unspecified atom stereocenters. The Labute approximate surface area is 110 Å². The number of hydrogen-bond acceptors (Lipinski definition) is 3. The zero-order valence-corrected chi connectivity index (χ0v) is 10.5. The largest absolute Gasteiger partial charge is 0.466 e. The van der Waals surface area contributed by atoms with Gasteiger partial charge in [0.15, 0.2) is 0 Å². The highest BCUT2D eigenvalue weighted by Gasteiger charge is 2.03. The van der Waals surface area contributed by atoms with Gasteiger partial charge in [0, 0.05) is 16.7 Å². The van der Waals surface area contributed by atoms with Gasteiger partial charge in [0.1, 0.15) is 11.5 Å². The van der Waals surface area contributed by atoms with Gasteiger partial charge in [-0.3, -0.25) is 0 Å². The van der Waals surface area contributed by atoms with Gasteiger partial charge in [-0.2, -0.15) is 0 Å². The zero-order chi connectivity index (χ0) is 13.0. The topological polar surface area (TPSA) is 39.4 Å². The standard InChI is InChI=1S/C14H11ClO3/c1-17-14(16)8-6-12-5-7-13(18-12)10-3-2-4-11(15)9-10/h2-9H,1H3. The molecule has 4 heteroatoms. The summed E-state index contributed by atoms with van der Waals surface area (Å²) in [6.45, 7) is 0. The number of halogens is 1. The summed E-state index contributed by atoms with van der Waals surface area (Å²) in [6.07, 6.45) is 2.86. The van der Waals surface area contributed by atoms with Crippen LogP contribution in [0.5, 0.6) is 0 Å². The lowest BCUT2D eigenvalue weighted by Gasteiger charge is -1.96. The van der Waals surface area contributed by atoms with Crippen molar-refractivity contribution < 1.29 is 13.9 Å². The van der Waals surface area contributed by atoms with Crippen molar-refractivity contribution in [2.24, 2.45) is 0 Å². The Morgan fingerprint density at radius 3 is 2.89 bits per heavy atom. The van der Waals surface area contributed by atoms with Crippen molar-refractivity contribution in [3.63, 3.8) is 0 Å². The van der Waals surface area contributed by atoms with Crippen molar-refractivity contribution >= 4 is 23.6 Å². The maximum Gasteiger partial charge on any atom is 0.330 e. The van der Waals surface area contributed by atoms with E-state index in [2.05, 4.69) is 4.74 Å². The number of hydrogen-bond donors (Lipinski definition) is 0. The third-order valence-electron chi connectivity index (χ3n) is 2.32. The molecule has 18 heavy (non-hydrogen) atoms. The number of esters is 1. The van der Waals surface area contributed by atoms with E-state index in [4.69, 9.17) is 16.0 Å². The molecule has 1 aromatic heterocycles. The molecule has 0 N–H and O–H groups in total. The van der Waals surface area contributed by atoms with Crippen molar-refractivity contribution in [2.45, 2.75) is 0 Å². The summed E-state index contributed by atoms with van der Waals surface area (Å²) in [7, 11) is 1.33. The summed E-state index contributed by atoms with van der Waals surface area (Å²) in [5, 5.41) is 0.649. The van der Waals surface area contributed by atoms with Crippen LogP contribution in [0.1, 0.15) is 5.76 Å². The Morgan fingerprint density at radius 2 is 2.17 bits per heavy atom. The van der Waals surface area contributed by atoms with Gasteiger partial charge in [0.05, 0.1) is 7.11 Å². The molecule has 92 valence electrons. The minimum atomic E-state index is -0.421. The Kier molecular flexibility index (Phi) is 3.85. The Hall–Kier alpha value is -2.00. The highest BCUT2D eigenvalue weighted by Crippen LogP contribution is 2.25. The lowest BCUT2D eigenvalue weighted by molar-refractivity contribution is -0.134. The number of carbonyl (C=O) groups excluding carboxylic acids is 1. The third kappa shape index (κ3) is 3.02. The van der Waals surface area contributed by atoms with Crippen molar-refractivity contribution in [1.82, 2.24) is 0 Å². The first-order valence-corrected chi connectivity index (χ1v) is 5.68. The van der Waals surface area contributed by atoms with Crippen molar-refractivity contribution in [2.75, 3.05) is 7.11 Å². The lowest BCUT2D eigenvalue weighted by Crippen LogP contribution is -1.92. The van der Waals surface area contributed by atoms with E-state index in [1.165, 1.54) is 13.2 Å². The molecule has 2 rings (SSSR count). The van der Waals surface area contributed by atoms with E-state index in [-0.39, 0.29) is 0 Å². The van der Waals surface area contributed by atoms with Crippen LogP contribution in [0.25, 0.3) is 17.4 Å². The van der Waals surface area contributed by atoms with Crippen molar-refractivity contribution in [1.29, 1.82) is 0 Å². The normalized spacial score (nSPS) is 10.8. The van der Waals surface area contributed by atoms with Gasteiger partial charge in [-0.15, -0.1) is 0 Å². The van der Waals surface area contributed by atoms with Crippen LogP contribution in [0.3, 0.4) is 0 Å². The first kappa shape index (κ1) is 12.5. The summed E-state index contributed by atoms with van der Waals surface area (Å²) < 4.78 is 10.1. The van der Waals surface area contributed by atoms with Crippen LogP contribution in [0.15, 0.2) is 46.9 Å². The van der Waals surface area contributed by atoms with Crippen LogP contribution >= 0.6 is 11.6 Å². The van der Waals surface area contributed by atoms with E-state index in [9.17, 15) is 4.79 Å². The number of benzene rings is 1. The molecule has 0 saturated carbocycles. The molecule has 0 aliphatic heterocycles. The Balaban J connectivity index is 2.20. The number of methoxy groups -OCH3 is 1. The average molecular weight is 263 g/mol. The monoisotopic (exact) mass is 262 g/mol. The van der Waals surface area contributed by atoms with Crippen LogP contribution in [0, 0.1) is 0 Å². The summed E-state index contributed by atoms with van der Waals surface area (Å²) in [5.41, 5.74) is 0.889. The summed E-state index contributed by atoms with van der Waals surface area (Å²) in [5.74, 6) is 0.855. The fourth-order valence-electron chi connectivity index (χ4n) is 1.46. The predicted octanol–water partition coefficient (Wildman–Crippen LogP) is 3.79.